The standard InChI is InChI=1S/C19H19ClN2O2/c1-14(11-16-7-4-3-5-8-16)13-21-22-19(23)15(2)24-18-10-6-9-17(20)12-18/h3-13,15H,1-2H3,(H,22,23)/b14-11-,21-13-/t15-/m1/s1. The lowest BCUT2D eigenvalue weighted by Crippen LogP contribution is -2.33. The van der Waals surface area contributed by atoms with Crippen LogP contribution < -0.4 is 10.2 Å². The number of carbonyl (C=O) groups excluding carboxylic acids is 1. The fraction of sp³-hybridized carbons (Fsp3) is 0.158. The molecule has 2 rings (SSSR count). The summed E-state index contributed by atoms with van der Waals surface area (Å²) in [7, 11) is 0. The molecular formula is C19H19ClN2O2. The monoisotopic (exact) mass is 342 g/mol. The Morgan fingerprint density at radius 2 is 1.96 bits per heavy atom. The van der Waals surface area contributed by atoms with E-state index in [-0.39, 0.29) is 5.91 Å². The lowest BCUT2D eigenvalue weighted by atomic mass is 10.1. The molecule has 0 heterocycles. The molecule has 2 aromatic carbocycles. The first-order valence-electron chi connectivity index (χ1n) is 7.53. The summed E-state index contributed by atoms with van der Waals surface area (Å²) in [5, 5.41) is 4.50. The quantitative estimate of drug-likeness (QED) is 0.628. The first kappa shape index (κ1) is 17.8. The molecule has 124 valence electrons. The van der Waals surface area contributed by atoms with E-state index < -0.39 is 6.10 Å². The van der Waals surface area contributed by atoms with Crippen LogP contribution in [0.4, 0.5) is 0 Å². The van der Waals surface area contributed by atoms with Gasteiger partial charge in [0.05, 0.1) is 6.21 Å². The zero-order valence-corrected chi connectivity index (χ0v) is 14.3. The topological polar surface area (TPSA) is 50.7 Å². The number of hydrogen-bond acceptors (Lipinski definition) is 3. The van der Waals surface area contributed by atoms with Crippen LogP contribution in [0.25, 0.3) is 6.08 Å². The highest BCUT2D eigenvalue weighted by molar-refractivity contribution is 6.30. The van der Waals surface area contributed by atoms with Gasteiger partial charge in [0, 0.05) is 5.02 Å². The molecule has 4 nitrogen and oxygen atoms in total. The summed E-state index contributed by atoms with van der Waals surface area (Å²) in [5.74, 6) is 0.202. The zero-order valence-electron chi connectivity index (χ0n) is 13.6. The number of benzene rings is 2. The number of halogens is 1. The van der Waals surface area contributed by atoms with E-state index in [1.807, 2.05) is 43.3 Å². The molecule has 0 aliphatic heterocycles. The number of rotatable bonds is 6. The summed E-state index contributed by atoms with van der Waals surface area (Å²) in [6.07, 6.45) is 2.89. The third-order valence-corrected chi connectivity index (χ3v) is 3.35. The van der Waals surface area contributed by atoms with Crippen LogP contribution in [0.2, 0.25) is 5.02 Å². The van der Waals surface area contributed by atoms with E-state index in [2.05, 4.69) is 10.5 Å². The van der Waals surface area contributed by atoms with Gasteiger partial charge < -0.3 is 4.74 Å². The Labute approximate surface area is 146 Å². The maximum absolute atomic E-state index is 12.0. The fourth-order valence-corrected chi connectivity index (χ4v) is 2.12. The van der Waals surface area contributed by atoms with E-state index in [9.17, 15) is 4.79 Å². The highest BCUT2D eigenvalue weighted by Crippen LogP contribution is 2.18. The lowest BCUT2D eigenvalue weighted by Gasteiger charge is -2.12. The van der Waals surface area contributed by atoms with E-state index in [4.69, 9.17) is 16.3 Å². The minimum atomic E-state index is -0.681. The average molecular weight is 343 g/mol. The van der Waals surface area contributed by atoms with Crippen molar-refractivity contribution in [2.45, 2.75) is 20.0 Å². The van der Waals surface area contributed by atoms with Crippen LogP contribution in [0.3, 0.4) is 0 Å². The Hall–Kier alpha value is -2.59. The molecule has 0 fully saturated rings. The first-order chi connectivity index (χ1) is 11.5. The fourth-order valence-electron chi connectivity index (χ4n) is 1.94. The van der Waals surface area contributed by atoms with Gasteiger partial charge in [0.25, 0.3) is 5.91 Å². The van der Waals surface area contributed by atoms with Gasteiger partial charge in [-0.1, -0.05) is 54.1 Å². The van der Waals surface area contributed by atoms with Crippen molar-refractivity contribution in [3.05, 3.63) is 70.8 Å². The zero-order chi connectivity index (χ0) is 17.4. The van der Waals surface area contributed by atoms with E-state index >= 15 is 0 Å². The van der Waals surface area contributed by atoms with Gasteiger partial charge in [-0.15, -0.1) is 0 Å². The van der Waals surface area contributed by atoms with Crippen LogP contribution in [-0.4, -0.2) is 18.2 Å². The number of amides is 1. The molecule has 5 heteroatoms. The van der Waals surface area contributed by atoms with E-state index in [0.29, 0.717) is 10.8 Å². The summed E-state index contributed by atoms with van der Waals surface area (Å²) < 4.78 is 5.53. The molecular weight excluding hydrogens is 324 g/mol. The molecule has 0 aliphatic rings. The number of allylic oxidation sites excluding steroid dienone is 1. The van der Waals surface area contributed by atoms with Crippen molar-refractivity contribution >= 4 is 29.8 Å². The Morgan fingerprint density at radius 3 is 2.67 bits per heavy atom. The Morgan fingerprint density at radius 1 is 1.21 bits per heavy atom. The number of nitrogens with zero attached hydrogens (tertiary/aromatic N) is 1. The van der Waals surface area contributed by atoms with Crippen LogP contribution in [-0.2, 0) is 4.79 Å². The van der Waals surface area contributed by atoms with E-state index in [1.165, 1.54) is 0 Å². The van der Waals surface area contributed by atoms with Crippen LogP contribution in [0.5, 0.6) is 5.75 Å². The number of hydrazone groups is 1. The molecule has 1 atom stereocenters. The molecule has 0 saturated heterocycles. The number of carbonyl (C=O) groups is 1. The second-order valence-corrected chi connectivity index (χ2v) is 5.69. The molecule has 0 aromatic heterocycles. The van der Waals surface area contributed by atoms with Crippen molar-refractivity contribution < 1.29 is 9.53 Å². The van der Waals surface area contributed by atoms with Gasteiger partial charge in [-0.25, -0.2) is 5.43 Å². The van der Waals surface area contributed by atoms with Gasteiger partial charge in [-0.05, 0) is 43.2 Å². The Kier molecular flexibility index (Phi) is 6.58. The summed E-state index contributed by atoms with van der Waals surface area (Å²) >= 11 is 5.88. The van der Waals surface area contributed by atoms with Gasteiger partial charge in [-0.3, -0.25) is 4.79 Å². The van der Waals surface area contributed by atoms with E-state index in [0.717, 1.165) is 11.1 Å². The van der Waals surface area contributed by atoms with Crippen molar-refractivity contribution in [1.82, 2.24) is 5.43 Å². The number of hydrogen-bond donors (Lipinski definition) is 1. The molecule has 0 bridgehead atoms. The minimum absolute atomic E-state index is 0.335. The maximum atomic E-state index is 12.0. The molecule has 0 radical (unpaired) electrons. The molecule has 1 N–H and O–H groups in total. The van der Waals surface area contributed by atoms with Crippen LogP contribution in [0, 0.1) is 0 Å². The second kappa shape index (κ2) is 8.89. The summed E-state index contributed by atoms with van der Waals surface area (Å²) in [4.78, 5) is 12.0. The molecule has 0 spiro atoms. The van der Waals surface area contributed by atoms with Crippen molar-refractivity contribution in [1.29, 1.82) is 0 Å². The smallest absolute Gasteiger partial charge is 0.280 e. The van der Waals surface area contributed by atoms with Gasteiger partial charge in [0.2, 0.25) is 0 Å². The summed E-state index contributed by atoms with van der Waals surface area (Å²) in [6.45, 7) is 3.56. The van der Waals surface area contributed by atoms with Gasteiger partial charge in [0.15, 0.2) is 6.10 Å². The molecule has 0 saturated carbocycles. The summed E-state index contributed by atoms with van der Waals surface area (Å²) in [5.41, 5.74) is 4.46. The normalized spacial score (nSPS) is 12.9. The Bertz CT molecular complexity index is 742. The highest BCUT2D eigenvalue weighted by atomic mass is 35.5. The first-order valence-corrected chi connectivity index (χ1v) is 7.91. The van der Waals surface area contributed by atoms with E-state index in [1.54, 1.807) is 37.4 Å². The highest BCUT2D eigenvalue weighted by Gasteiger charge is 2.13. The van der Waals surface area contributed by atoms with Crippen LogP contribution >= 0.6 is 11.6 Å². The largest absolute Gasteiger partial charge is 0.481 e. The molecule has 1 amide bonds. The van der Waals surface area contributed by atoms with Crippen molar-refractivity contribution in [3.8, 4) is 5.75 Å². The van der Waals surface area contributed by atoms with Gasteiger partial charge in [0.1, 0.15) is 5.75 Å². The molecule has 2 aromatic rings. The predicted octanol–water partition coefficient (Wildman–Crippen LogP) is 4.31. The Balaban J connectivity index is 1.86. The molecule has 0 unspecified atom stereocenters. The number of nitrogens with one attached hydrogen (secondary N) is 1. The van der Waals surface area contributed by atoms with Gasteiger partial charge >= 0.3 is 0 Å². The predicted molar refractivity (Wildman–Crippen MR) is 98.3 cm³/mol. The number of ether oxygens (including phenoxy) is 1. The second-order valence-electron chi connectivity index (χ2n) is 5.25. The summed E-state index contributed by atoms with van der Waals surface area (Å²) in [6, 6.07) is 16.8. The SMILES string of the molecule is CC(/C=N\NC(=O)[C@@H](C)Oc1cccc(Cl)c1)=C/c1ccccc1. The third kappa shape index (κ3) is 5.89. The van der Waals surface area contributed by atoms with Crippen molar-refractivity contribution in [2.75, 3.05) is 0 Å². The van der Waals surface area contributed by atoms with Gasteiger partial charge in [-0.2, -0.15) is 5.10 Å². The molecule has 24 heavy (non-hydrogen) atoms. The van der Waals surface area contributed by atoms with Crippen LogP contribution in [0.1, 0.15) is 19.4 Å². The lowest BCUT2D eigenvalue weighted by molar-refractivity contribution is -0.127. The third-order valence-electron chi connectivity index (χ3n) is 3.12. The van der Waals surface area contributed by atoms with Crippen molar-refractivity contribution in [3.63, 3.8) is 0 Å². The average Bonchev–Trinajstić information content (AvgIpc) is 2.55. The van der Waals surface area contributed by atoms with Crippen LogP contribution in [0.15, 0.2) is 65.3 Å². The minimum Gasteiger partial charge on any atom is -0.481 e. The maximum Gasteiger partial charge on any atom is 0.280 e. The molecule has 0 aliphatic carbocycles. The van der Waals surface area contributed by atoms with Crippen molar-refractivity contribution in [2.24, 2.45) is 5.10 Å².